The molecule has 1 fully saturated rings. The Morgan fingerprint density at radius 2 is 1.96 bits per heavy atom. The first-order valence-electron chi connectivity index (χ1n) is 9.36. The zero-order valence-electron chi connectivity index (χ0n) is 16.4. The van der Waals surface area contributed by atoms with E-state index in [0.29, 0.717) is 32.6 Å². The predicted octanol–water partition coefficient (Wildman–Crippen LogP) is 1.87. The van der Waals surface area contributed by atoms with Gasteiger partial charge in [-0.15, -0.1) is 0 Å². The second kappa shape index (κ2) is 11.0. The Morgan fingerprint density at radius 1 is 1.22 bits per heavy atom. The molecule has 0 aliphatic carbocycles. The fourth-order valence-corrected chi connectivity index (χ4v) is 3.36. The number of likely N-dealkylation sites (tertiary alicyclic amines) is 1. The highest BCUT2D eigenvalue weighted by Gasteiger charge is 2.40. The van der Waals surface area contributed by atoms with Crippen LogP contribution in [0.5, 0.6) is 0 Å². The lowest BCUT2D eigenvalue weighted by Crippen LogP contribution is -2.55. The van der Waals surface area contributed by atoms with Crippen LogP contribution in [-0.2, 0) is 30.7 Å². The van der Waals surface area contributed by atoms with Gasteiger partial charge >= 0.3 is 5.97 Å². The molecule has 150 valence electrons. The highest BCUT2D eigenvalue weighted by atomic mass is 17.2. The van der Waals surface area contributed by atoms with E-state index in [0.717, 1.165) is 18.5 Å². The van der Waals surface area contributed by atoms with Gasteiger partial charge < -0.3 is 9.64 Å². The van der Waals surface area contributed by atoms with Gasteiger partial charge in [0.15, 0.2) is 0 Å². The number of rotatable bonds is 9. The molecule has 0 N–H and O–H groups in total. The van der Waals surface area contributed by atoms with Crippen LogP contribution in [0.3, 0.4) is 0 Å². The van der Waals surface area contributed by atoms with Crippen molar-refractivity contribution < 1.29 is 24.1 Å². The number of amides is 1. The fourth-order valence-electron chi connectivity index (χ4n) is 3.36. The lowest BCUT2D eigenvalue weighted by molar-refractivity contribution is -0.304. The summed E-state index contributed by atoms with van der Waals surface area (Å²) in [5.74, 6) is -0.780. The summed E-state index contributed by atoms with van der Waals surface area (Å²) < 4.78 is 4.89. The summed E-state index contributed by atoms with van der Waals surface area (Å²) >= 11 is 0. The summed E-state index contributed by atoms with van der Waals surface area (Å²) in [7, 11) is 5.00. The van der Waals surface area contributed by atoms with Gasteiger partial charge in [0.05, 0.1) is 19.6 Å². The van der Waals surface area contributed by atoms with Crippen LogP contribution in [-0.4, -0.2) is 68.6 Å². The number of likely N-dealkylation sites (N-methyl/N-ethyl adjacent to an activating group) is 2. The summed E-state index contributed by atoms with van der Waals surface area (Å²) in [6, 6.07) is 9.31. The number of methoxy groups -OCH3 is 1. The molecule has 0 saturated carbocycles. The van der Waals surface area contributed by atoms with Crippen LogP contribution in [0.25, 0.3) is 0 Å². The quantitative estimate of drug-likeness (QED) is 0.283. The lowest BCUT2D eigenvalue weighted by atomic mass is 9.88. The molecule has 7 heteroatoms. The van der Waals surface area contributed by atoms with Crippen molar-refractivity contribution in [1.29, 1.82) is 0 Å². The van der Waals surface area contributed by atoms with E-state index in [1.165, 1.54) is 7.11 Å². The Hall–Kier alpha value is -1.96. The number of piperidine rings is 1. The molecular formula is C20H30N2O5. The van der Waals surface area contributed by atoms with E-state index in [1.807, 2.05) is 42.3 Å². The van der Waals surface area contributed by atoms with Gasteiger partial charge in [0.2, 0.25) is 5.91 Å². The van der Waals surface area contributed by atoms with E-state index in [-0.39, 0.29) is 11.9 Å². The molecular weight excluding hydrogens is 348 g/mol. The van der Waals surface area contributed by atoms with Crippen molar-refractivity contribution in [1.82, 2.24) is 9.80 Å². The Kier molecular flexibility index (Phi) is 8.71. The van der Waals surface area contributed by atoms with Crippen molar-refractivity contribution >= 4 is 11.9 Å². The average molecular weight is 378 g/mol. The Bertz CT molecular complexity index is 595. The van der Waals surface area contributed by atoms with Crippen molar-refractivity contribution in [2.24, 2.45) is 5.92 Å². The normalized spacial score (nSPS) is 20.3. The third kappa shape index (κ3) is 6.30. The first-order chi connectivity index (χ1) is 13.0. The maximum Gasteiger partial charge on any atom is 0.310 e. The second-order valence-electron chi connectivity index (χ2n) is 6.88. The van der Waals surface area contributed by atoms with Gasteiger partial charge in [-0.2, -0.15) is 0 Å². The topological polar surface area (TPSA) is 68.3 Å². The van der Waals surface area contributed by atoms with Crippen LogP contribution >= 0.6 is 0 Å². The number of hydrogen-bond donors (Lipinski definition) is 0. The van der Waals surface area contributed by atoms with E-state index < -0.39 is 12.0 Å². The van der Waals surface area contributed by atoms with Crippen molar-refractivity contribution in [2.45, 2.75) is 31.9 Å². The number of benzene rings is 1. The molecule has 0 aromatic heterocycles. The summed E-state index contributed by atoms with van der Waals surface area (Å²) in [6.07, 6.45) is 2.21. The highest BCUT2D eigenvalue weighted by Crippen LogP contribution is 2.25. The first kappa shape index (κ1) is 21.3. The van der Waals surface area contributed by atoms with Gasteiger partial charge in [-0.1, -0.05) is 30.3 Å². The van der Waals surface area contributed by atoms with Crippen LogP contribution in [0.15, 0.2) is 30.3 Å². The second-order valence-corrected chi connectivity index (χ2v) is 6.88. The average Bonchev–Trinajstić information content (AvgIpc) is 2.69. The van der Waals surface area contributed by atoms with Crippen LogP contribution in [0, 0.1) is 5.92 Å². The van der Waals surface area contributed by atoms with Crippen molar-refractivity contribution in [2.75, 3.05) is 40.9 Å². The molecule has 0 radical (unpaired) electrons. The number of carbonyl (C=O) groups is 2. The number of esters is 1. The molecule has 1 saturated heterocycles. The zero-order valence-corrected chi connectivity index (χ0v) is 16.4. The predicted molar refractivity (Wildman–Crippen MR) is 101 cm³/mol. The minimum Gasteiger partial charge on any atom is -0.469 e. The number of carbonyl (C=O) groups excluding carboxylic acids is 2. The standard InChI is InChI=1S/C20H30N2O5/c1-21-12-7-11-17(20(24)25-3)18(21)19(23)22(2)13-8-14-26-27-15-16-9-5-4-6-10-16/h4-6,9-10,17-18H,7-8,11-15H2,1-3H3. The summed E-state index contributed by atoms with van der Waals surface area (Å²) in [6.45, 7) is 2.12. The summed E-state index contributed by atoms with van der Waals surface area (Å²) in [5.41, 5.74) is 1.04. The third-order valence-electron chi connectivity index (χ3n) is 4.89. The molecule has 1 heterocycles. The molecule has 0 spiro atoms. The minimum atomic E-state index is -0.466. The fraction of sp³-hybridized carbons (Fsp3) is 0.600. The van der Waals surface area contributed by atoms with Crippen LogP contribution < -0.4 is 0 Å². The molecule has 27 heavy (non-hydrogen) atoms. The highest BCUT2D eigenvalue weighted by molar-refractivity contribution is 5.88. The Balaban J connectivity index is 1.72. The van der Waals surface area contributed by atoms with Gasteiger partial charge in [-0.05, 0) is 38.4 Å². The molecule has 1 aliphatic heterocycles. The zero-order chi connectivity index (χ0) is 19.6. The molecule has 0 bridgehead atoms. The maximum atomic E-state index is 12.8. The molecule has 2 atom stereocenters. The van der Waals surface area contributed by atoms with Crippen LogP contribution in [0.2, 0.25) is 0 Å². The minimum absolute atomic E-state index is 0.0576. The van der Waals surface area contributed by atoms with Gasteiger partial charge in [0.25, 0.3) is 0 Å². The molecule has 2 rings (SSSR count). The Labute approximate surface area is 161 Å². The first-order valence-corrected chi connectivity index (χ1v) is 9.36. The van der Waals surface area contributed by atoms with E-state index in [2.05, 4.69) is 0 Å². The molecule has 7 nitrogen and oxygen atoms in total. The van der Waals surface area contributed by atoms with Gasteiger partial charge in [-0.3, -0.25) is 14.5 Å². The van der Waals surface area contributed by atoms with Crippen molar-refractivity contribution in [3.63, 3.8) is 0 Å². The summed E-state index contributed by atoms with van der Waals surface area (Å²) in [5, 5.41) is 0. The lowest BCUT2D eigenvalue weighted by Gasteiger charge is -2.38. The van der Waals surface area contributed by atoms with E-state index in [4.69, 9.17) is 14.5 Å². The maximum absolute atomic E-state index is 12.8. The number of hydrogen-bond acceptors (Lipinski definition) is 6. The Morgan fingerprint density at radius 3 is 2.67 bits per heavy atom. The molecule has 2 unspecified atom stereocenters. The monoisotopic (exact) mass is 378 g/mol. The number of ether oxygens (including phenoxy) is 1. The smallest absolute Gasteiger partial charge is 0.310 e. The largest absolute Gasteiger partial charge is 0.469 e. The molecule has 1 aromatic carbocycles. The van der Waals surface area contributed by atoms with Crippen LogP contribution in [0.1, 0.15) is 24.8 Å². The molecule has 1 amide bonds. The molecule has 1 aromatic rings. The summed E-state index contributed by atoms with van der Waals surface area (Å²) in [4.78, 5) is 38.9. The van der Waals surface area contributed by atoms with Crippen LogP contribution in [0.4, 0.5) is 0 Å². The van der Waals surface area contributed by atoms with E-state index in [9.17, 15) is 9.59 Å². The third-order valence-corrected chi connectivity index (χ3v) is 4.89. The van der Waals surface area contributed by atoms with Gasteiger partial charge in [0, 0.05) is 13.6 Å². The van der Waals surface area contributed by atoms with E-state index >= 15 is 0 Å². The van der Waals surface area contributed by atoms with Crippen molar-refractivity contribution in [3.8, 4) is 0 Å². The molecule has 1 aliphatic rings. The SMILES string of the molecule is COC(=O)C1CCCN(C)C1C(=O)N(C)CCCOOCc1ccccc1. The van der Waals surface area contributed by atoms with Gasteiger partial charge in [0.1, 0.15) is 12.6 Å². The van der Waals surface area contributed by atoms with E-state index in [1.54, 1.807) is 11.9 Å². The number of nitrogens with zero attached hydrogens (tertiary/aromatic N) is 2. The van der Waals surface area contributed by atoms with Gasteiger partial charge in [-0.25, -0.2) is 9.78 Å². The van der Waals surface area contributed by atoms with Crippen molar-refractivity contribution in [3.05, 3.63) is 35.9 Å².